The van der Waals surface area contributed by atoms with Crippen molar-refractivity contribution in [2.24, 2.45) is 0 Å². The van der Waals surface area contributed by atoms with Crippen LogP contribution in [0.3, 0.4) is 0 Å². The van der Waals surface area contributed by atoms with Crippen molar-refractivity contribution in [2.45, 2.75) is 12.8 Å². The van der Waals surface area contributed by atoms with Crippen LogP contribution in [-0.2, 0) is 12.8 Å². The van der Waals surface area contributed by atoms with E-state index in [0.29, 0.717) is 0 Å². The van der Waals surface area contributed by atoms with Crippen LogP contribution >= 0.6 is 0 Å². The maximum Gasteiger partial charge on any atom is 0.0650 e. The molecule has 4 heteroatoms. The van der Waals surface area contributed by atoms with E-state index in [-0.39, 0.29) is 0 Å². The van der Waals surface area contributed by atoms with E-state index in [0.717, 1.165) is 23.9 Å². The molecular weight excluding hydrogens is 248 g/mol. The van der Waals surface area contributed by atoms with Crippen LogP contribution in [0, 0.1) is 0 Å². The molecule has 0 unspecified atom stereocenters. The highest BCUT2D eigenvalue weighted by Gasteiger charge is 2.01. The van der Waals surface area contributed by atoms with Gasteiger partial charge in [-0.3, -0.25) is 10.2 Å². The number of hydrogen-bond acceptors (Lipinski definition) is 2. The lowest BCUT2D eigenvalue weighted by molar-refractivity contribution is 0.964. The summed E-state index contributed by atoms with van der Waals surface area (Å²) in [5.41, 5.74) is 4.86. The Labute approximate surface area is 115 Å². The Morgan fingerprint density at radius 2 is 1.20 bits per heavy atom. The molecule has 0 bridgehead atoms. The number of rotatable bonds is 3. The molecule has 2 heterocycles. The van der Waals surface area contributed by atoms with Crippen molar-refractivity contribution in [3.05, 3.63) is 59.9 Å². The van der Waals surface area contributed by atoms with Crippen molar-refractivity contribution in [1.82, 2.24) is 20.4 Å². The number of benzene rings is 2. The summed E-state index contributed by atoms with van der Waals surface area (Å²) in [6, 6.07) is 12.9. The maximum atomic E-state index is 4.05. The number of H-pyrrole nitrogens is 2. The lowest BCUT2D eigenvalue weighted by atomic mass is 10.0. The van der Waals surface area contributed by atoms with Crippen LogP contribution in [0.2, 0.25) is 0 Å². The maximum absolute atomic E-state index is 4.05. The van der Waals surface area contributed by atoms with Gasteiger partial charge in [0.25, 0.3) is 0 Å². The molecule has 4 nitrogen and oxygen atoms in total. The first-order chi connectivity index (χ1) is 9.88. The van der Waals surface area contributed by atoms with Gasteiger partial charge in [0.2, 0.25) is 0 Å². The van der Waals surface area contributed by atoms with Crippen LogP contribution in [0.25, 0.3) is 21.8 Å². The molecule has 0 saturated heterocycles. The molecule has 2 N–H and O–H groups in total. The predicted molar refractivity (Wildman–Crippen MR) is 79.6 cm³/mol. The van der Waals surface area contributed by atoms with Crippen molar-refractivity contribution in [3.63, 3.8) is 0 Å². The van der Waals surface area contributed by atoms with Gasteiger partial charge in [-0.15, -0.1) is 0 Å². The largest absolute Gasteiger partial charge is 0.278 e. The second kappa shape index (κ2) is 4.49. The minimum absolute atomic E-state index is 1.03. The normalized spacial score (nSPS) is 11.4. The Balaban J connectivity index is 1.56. The van der Waals surface area contributed by atoms with Gasteiger partial charge < -0.3 is 0 Å². The van der Waals surface area contributed by atoms with E-state index >= 15 is 0 Å². The number of hydrogen-bond donors (Lipinski definition) is 2. The smallest absolute Gasteiger partial charge is 0.0650 e. The van der Waals surface area contributed by atoms with Gasteiger partial charge in [0, 0.05) is 10.8 Å². The first kappa shape index (κ1) is 11.2. The minimum Gasteiger partial charge on any atom is -0.278 e. The highest BCUT2D eigenvalue weighted by molar-refractivity contribution is 5.79. The quantitative estimate of drug-likeness (QED) is 0.595. The molecule has 0 spiro atoms. The van der Waals surface area contributed by atoms with Crippen LogP contribution in [0.4, 0.5) is 0 Å². The van der Waals surface area contributed by atoms with Gasteiger partial charge in [-0.05, 0) is 48.2 Å². The number of nitrogens with one attached hydrogen (secondary N) is 2. The van der Waals surface area contributed by atoms with E-state index in [1.54, 1.807) is 0 Å². The van der Waals surface area contributed by atoms with E-state index in [1.807, 2.05) is 12.4 Å². The Bertz CT molecular complexity index is 798. The van der Waals surface area contributed by atoms with Gasteiger partial charge >= 0.3 is 0 Å². The summed E-state index contributed by atoms with van der Waals surface area (Å²) in [5.74, 6) is 0. The zero-order valence-corrected chi connectivity index (χ0v) is 10.9. The Morgan fingerprint density at radius 3 is 1.70 bits per heavy atom. The molecule has 4 aromatic rings. The van der Waals surface area contributed by atoms with Crippen molar-refractivity contribution in [1.29, 1.82) is 0 Å². The average molecular weight is 262 g/mol. The molecule has 0 aliphatic rings. The Morgan fingerprint density at radius 1 is 0.700 bits per heavy atom. The van der Waals surface area contributed by atoms with Gasteiger partial charge in [0.15, 0.2) is 0 Å². The van der Waals surface area contributed by atoms with Crippen LogP contribution in [-0.4, -0.2) is 20.4 Å². The van der Waals surface area contributed by atoms with Crippen LogP contribution in [0.5, 0.6) is 0 Å². The van der Waals surface area contributed by atoms with E-state index in [4.69, 9.17) is 0 Å². The van der Waals surface area contributed by atoms with E-state index in [2.05, 4.69) is 56.8 Å². The SMILES string of the molecule is c1cc2[nH]ncc2cc1CCc1ccc2[nH]ncc2c1. The minimum atomic E-state index is 1.03. The molecular formula is C16H14N4. The zero-order chi connectivity index (χ0) is 13.4. The van der Waals surface area contributed by atoms with Gasteiger partial charge in [-0.25, -0.2) is 0 Å². The molecule has 4 rings (SSSR count). The zero-order valence-electron chi connectivity index (χ0n) is 10.9. The number of aromatic amines is 2. The molecule has 0 aliphatic carbocycles. The van der Waals surface area contributed by atoms with E-state index in [1.165, 1.54) is 21.9 Å². The van der Waals surface area contributed by atoms with Crippen LogP contribution in [0.1, 0.15) is 11.1 Å². The summed E-state index contributed by atoms with van der Waals surface area (Å²) in [7, 11) is 0. The Hall–Kier alpha value is -2.62. The van der Waals surface area contributed by atoms with Gasteiger partial charge in [0.05, 0.1) is 23.4 Å². The molecule has 0 atom stereocenters. The van der Waals surface area contributed by atoms with E-state index < -0.39 is 0 Å². The van der Waals surface area contributed by atoms with Crippen LogP contribution < -0.4 is 0 Å². The standard InChI is InChI=1S/C16H14N4/c1(11-3-5-15-13(7-11)9-17-19-15)2-12-4-6-16-14(8-12)10-18-20-16/h3-10H,1-2H2,(H,17,19)(H,18,20). The van der Waals surface area contributed by atoms with Crippen molar-refractivity contribution < 1.29 is 0 Å². The summed E-state index contributed by atoms with van der Waals surface area (Å²) in [6.45, 7) is 0. The molecule has 2 aromatic heterocycles. The highest BCUT2D eigenvalue weighted by Crippen LogP contribution is 2.17. The molecule has 2 aromatic carbocycles. The molecule has 0 saturated carbocycles. The lowest BCUT2D eigenvalue weighted by Gasteiger charge is -2.03. The first-order valence-electron chi connectivity index (χ1n) is 6.72. The number of aryl methyl sites for hydroxylation is 2. The fourth-order valence-electron chi connectivity index (χ4n) is 2.58. The second-order valence-corrected chi connectivity index (χ2v) is 5.08. The average Bonchev–Trinajstić information content (AvgIpc) is 3.12. The molecule has 0 aliphatic heterocycles. The lowest BCUT2D eigenvalue weighted by Crippen LogP contribution is -1.91. The first-order valence-corrected chi connectivity index (χ1v) is 6.72. The summed E-state index contributed by atoms with van der Waals surface area (Å²) in [4.78, 5) is 0. The molecule has 0 radical (unpaired) electrons. The number of nitrogens with zero attached hydrogens (tertiary/aromatic N) is 2. The highest BCUT2D eigenvalue weighted by atomic mass is 15.1. The third kappa shape index (κ3) is 1.95. The summed E-state index contributed by atoms with van der Waals surface area (Å²) in [6.07, 6.45) is 5.81. The fourth-order valence-corrected chi connectivity index (χ4v) is 2.58. The molecule has 98 valence electrons. The topological polar surface area (TPSA) is 57.4 Å². The molecule has 0 fully saturated rings. The molecule has 0 amide bonds. The van der Waals surface area contributed by atoms with Crippen molar-refractivity contribution in [2.75, 3.05) is 0 Å². The summed E-state index contributed by atoms with van der Waals surface area (Å²) >= 11 is 0. The van der Waals surface area contributed by atoms with Crippen molar-refractivity contribution >= 4 is 21.8 Å². The second-order valence-electron chi connectivity index (χ2n) is 5.08. The van der Waals surface area contributed by atoms with Crippen LogP contribution in [0.15, 0.2) is 48.8 Å². The number of aromatic nitrogens is 4. The van der Waals surface area contributed by atoms with Gasteiger partial charge in [-0.1, -0.05) is 12.1 Å². The van der Waals surface area contributed by atoms with Crippen molar-refractivity contribution in [3.8, 4) is 0 Å². The third-order valence-electron chi connectivity index (χ3n) is 3.71. The third-order valence-corrected chi connectivity index (χ3v) is 3.71. The predicted octanol–water partition coefficient (Wildman–Crippen LogP) is 3.22. The Kier molecular flexibility index (Phi) is 2.52. The summed E-state index contributed by atoms with van der Waals surface area (Å²) in [5, 5.41) is 16.4. The van der Waals surface area contributed by atoms with Gasteiger partial charge in [-0.2, -0.15) is 10.2 Å². The van der Waals surface area contributed by atoms with E-state index in [9.17, 15) is 0 Å². The summed E-state index contributed by atoms with van der Waals surface area (Å²) < 4.78 is 0. The van der Waals surface area contributed by atoms with Gasteiger partial charge in [0.1, 0.15) is 0 Å². The number of fused-ring (bicyclic) bond motifs is 2. The monoisotopic (exact) mass is 262 g/mol. The molecule has 20 heavy (non-hydrogen) atoms. The fraction of sp³-hybridized carbons (Fsp3) is 0.125.